The van der Waals surface area contributed by atoms with E-state index in [2.05, 4.69) is 10.1 Å². The summed E-state index contributed by atoms with van der Waals surface area (Å²) < 4.78 is 27.4. The van der Waals surface area contributed by atoms with Gasteiger partial charge >= 0.3 is 12.6 Å². The fourth-order valence-corrected chi connectivity index (χ4v) is 1.14. The number of alkyl halides is 2. The molecule has 1 rings (SSSR count). The number of rotatable bonds is 3. The van der Waals surface area contributed by atoms with Gasteiger partial charge in [0.15, 0.2) is 0 Å². The summed E-state index contributed by atoms with van der Waals surface area (Å²) in [5.74, 6) is -1.03. The van der Waals surface area contributed by atoms with E-state index in [0.29, 0.717) is 0 Å². The van der Waals surface area contributed by atoms with E-state index in [4.69, 9.17) is 5.11 Å². The summed E-state index contributed by atoms with van der Waals surface area (Å²) in [6.07, 6.45) is -0.592. The van der Waals surface area contributed by atoms with Crippen molar-refractivity contribution in [2.24, 2.45) is 0 Å². The minimum atomic E-state index is -2.83. The van der Waals surface area contributed by atoms with Gasteiger partial charge in [-0.25, -0.2) is 0 Å². The Morgan fingerprint density at radius 2 is 2.33 bits per heavy atom. The number of hydrogen-bond donors (Lipinski definition) is 2. The molecule has 0 radical (unpaired) electrons. The number of carbonyl (C=O) groups is 1. The van der Waals surface area contributed by atoms with Gasteiger partial charge in [-0.2, -0.15) is 8.78 Å². The van der Waals surface area contributed by atoms with Gasteiger partial charge in [0.1, 0.15) is 6.04 Å². The number of carboxylic acid groups (broad SMARTS) is 1. The lowest BCUT2D eigenvalue weighted by Gasteiger charge is -2.08. The van der Waals surface area contributed by atoms with Crippen LogP contribution in [0.15, 0.2) is 0 Å². The first kappa shape index (κ1) is 9.34. The summed E-state index contributed by atoms with van der Waals surface area (Å²) in [4.78, 5) is 10.3. The molecule has 1 aliphatic rings. The molecule has 1 fully saturated rings. The molecular formula is C6H9F2NO3. The average Bonchev–Trinajstić information content (AvgIpc) is 2.34. The highest BCUT2D eigenvalue weighted by atomic mass is 19.3. The van der Waals surface area contributed by atoms with Crippen LogP contribution in [-0.4, -0.2) is 36.4 Å². The lowest BCUT2D eigenvalue weighted by Crippen LogP contribution is -2.30. The summed E-state index contributed by atoms with van der Waals surface area (Å²) in [5, 5.41) is 11.0. The van der Waals surface area contributed by atoms with E-state index in [-0.39, 0.29) is 13.0 Å². The molecule has 0 saturated carbocycles. The first-order chi connectivity index (χ1) is 5.59. The van der Waals surface area contributed by atoms with E-state index in [1.807, 2.05) is 0 Å². The van der Waals surface area contributed by atoms with Crippen LogP contribution in [-0.2, 0) is 9.53 Å². The monoisotopic (exact) mass is 181 g/mol. The Morgan fingerprint density at radius 3 is 2.75 bits per heavy atom. The van der Waals surface area contributed by atoms with Crippen molar-refractivity contribution < 1.29 is 23.4 Å². The Morgan fingerprint density at radius 1 is 1.67 bits per heavy atom. The van der Waals surface area contributed by atoms with Crippen molar-refractivity contribution in [1.82, 2.24) is 5.32 Å². The third-order valence-corrected chi connectivity index (χ3v) is 1.68. The van der Waals surface area contributed by atoms with E-state index in [9.17, 15) is 13.6 Å². The first-order valence-electron chi connectivity index (χ1n) is 3.49. The van der Waals surface area contributed by atoms with Gasteiger partial charge in [0.2, 0.25) is 0 Å². The number of halogens is 2. The van der Waals surface area contributed by atoms with Crippen molar-refractivity contribution in [3.8, 4) is 0 Å². The summed E-state index contributed by atoms with van der Waals surface area (Å²) in [7, 11) is 0. The second kappa shape index (κ2) is 3.77. The minimum Gasteiger partial charge on any atom is -0.480 e. The summed E-state index contributed by atoms with van der Waals surface area (Å²) >= 11 is 0. The van der Waals surface area contributed by atoms with E-state index in [1.54, 1.807) is 0 Å². The number of ether oxygens (including phenoxy) is 1. The van der Waals surface area contributed by atoms with Gasteiger partial charge in [-0.3, -0.25) is 4.79 Å². The van der Waals surface area contributed by atoms with Crippen LogP contribution in [0.3, 0.4) is 0 Å². The zero-order valence-electron chi connectivity index (χ0n) is 6.17. The van der Waals surface area contributed by atoms with Crippen LogP contribution in [0.4, 0.5) is 8.78 Å². The normalized spacial score (nSPS) is 29.6. The molecule has 0 spiro atoms. The molecule has 6 heteroatoms. The van der Waals surface area contributed by atoms with Crippen molar-refractivity contribution in [2.75, 3.05) is 6.54 Å². The molecule has 70 valence electrons. The molecule has 1 heterocycles. The summed E-state index contributed by atoms with van der Waals surface area (Å²) in [6, 6.07) is -0.756. The molecule has 2 N–H and O–H groups in total. The summed E-state index contributed by atoms with van der Waals surface area (Å²) in [6.45, 7) is -2.66. The van der Waals surface area contributed by atoms with Crippen molar-refractivity contribution >= 4 is 5.97 Å². The van der Waals surface area contributed by atoms with E-state index in [1.165, 1.54) is 0 Å². The fourth-order valence-electron chi connectivity index (χ4n) is 1.14. The van der Waals surface area contributed by atoms with Gasteiger partial charge in [0.05, 0.1) is 6.10 Å². The predicted molar refractivity (Wildman–Crippen MR) is 34.9 cm³/mol. The molecule has 0 aromatic heterocycles. The fraction of sp³-hybridized carbons (Fsp3) is 0.833. The second-order valence-electron chi connectivity index (χ2n) is 2.55. The number of carboxylic acids is 1. The Balaban J connectivity index is 2.30. The molecule has 0 bridgehead atoms. The molecule has 2 unspecified atom stereocenters. The van der Waals surface area contributed by atoms with Gasteiger partial charge in [-0.1, -0.05) is 0 Å². The SMILES string of the molecule is O=C(O)C1CC(OC(F)F)CN1. The highest BCUT2D eigenvalue weighted by Crippen LogP contribution is 2.13. The first-order valence-corrected chi connectivity index (χ1v) is 3.49. The zero-order chi connectivity index (χ0) is 9.14. The van der Waals surface area contributed by atoms with Crippen LogP contribution in [0.2, 0.25) is 0 Å². The lowest BCUT2D eigenvalue weighted by molar-refractivity contribution is -0.159. The van der Waals surface area contributed by atoms with Crippen molar-refractivity contribution in [1.29, 1.82) is 0 Å². The van der Waals surface area contributed by atoms with E-state index >= 15 is 0 Å². The highest BCUT2D eigenvalue weighted by molar-refractivity contribution is 5.73. The van der Waals surface area contributed by atoms with Crippen LogP contribution in [0.25, 0.3) is 0 Å². The Kier molecular flexibility index (Phi) is 2.93. The quantitative estimate of drug-likeness (QED) is 0.645. The molecule has 0 aromatic rings. The van der Waals surface area contributed by atoms with Crippen LogP contribution >= 0.6 is 0 Å². The Hall–Kier alpha value is -0.750. The molecule has 1 saturated heterocycles. The minimum absolute atomic E-state index is 0.0969. The maximum atomic E-state index is 11.6. The Labute approximate surface area is 67.5 Å². The van der Waals surface area contributed by atoms with Crippen LogP contribution < -0.4 is 5.32 Å². The van der Waals surface area contributed by atoms with Gasteiger partial charge in [-0.05, 0) is 0 Å². The molecule has 4 nitrogen and oxygen atoms in total. The second-order valence-corrected chi connectivity index (χ2v) is 2.55. The molecule has 0 aliphatic carbocycles. The highest BCUT2D eigenvalue weighted by Gasteiger charge is 2.31. The van der Waals surface area contributed by atoms with Crippen molar-refractivity contribution in [3.63, 3.8) is 0 Å². The van der Waals surface area contributed by atoms with E-state index < -0.39 is 24.7 Å². The lowest BCUT2D eigenvalue weighted by atomic mass is 10.2. The van der Waals surface area contributed by atoms with Gasteiger partial charge in [0.25, 0.3) is 0 Å². The van der Waals surface area contributed by atoms with Crippen LogP contribution in [0.5, 0.6) is 0 Å². The maximum absolute atomic E-state index is 11.6. The topological polar surface area (TPSA) is 58.6 Å². The zero-order valence-corrected chi connectivity index (χ0v) is 6.17. The maximum Gasteiger partial charge on any atom is 0.345 e. The van der Waals surface area contributed by atoms with Crippen molar-refractivity contribution in [3.05, 3.63) is 0 Å². The van der Waals surface area contributed by atoms with E-state index in [0.717, 1.165) is 0 Å². The molecular weight excluding hydrogens is 172 g/mol. The van der Waals surface area contributed by atoms with Crippen LogP contribution in [0.1, 0.15) is 6.42 Å². The number of aliphatic carboxylic acids is 1. The largest absolute Gasteiger partial charge is 0.480 e. The molecule has 0 amide bonds. The smallest absolute Gasteiger partial charge is 0.345 e. The van der Waals surface area contributed by atoms with Crippen molar-refractivity contribution in [2.45, 2.75) is 25.2 Å². The average molecular weight is 181 g/mol. The predicted octanol–water partition coefficient (Wildman–Crippen LogP) is 0.0407. The van der Waals surface area contributed by atoms with Gasteiger partial charge in [-0.15, -0.1) is 0 Å². The number of hydrogen-bond acceptors (Lipinski definition) is 3. The molecule has 2 atom stereocenters. The van der Waals surface area contributed by atoms with Crippen LogP contribution in [0, 0.1) is 0 Å². The Bertz CT molecular complexity index is 176. The standard InChI is InChI=1S/C6H9F2NO3/c7-6(8)12-3-1-4(5(10)11)9-2-3/h3-4,6,9H,1-2H2,(H,10,11). The molecule has 12 heavy (non-hydrogen) atoms. The summed E-state index contributed by atoms with van der Waals surface area (Å²) in [5.41, 5.74) is 0. The van der Waals surface area contributed by atoms with Gasteiger partial charge < -0.3 is 15.2 Å². The number of nitrogens with one attached hydrogen (secondary N) is 1. The molecule has 1 aliphatic heterocycles. The molecule has 0 aromatic carbocycles. The third kappa shape index (κ3) is 2.38. The van der Waals surface area contributed by atoms with Gasteiger partial charge in [0, 0.05) is 13.0 Å². The third-order valence-electron chi connectivity index (χ3n) is 1.68.